The molecule has 244 valence electrons. The van der Waals surface area contributed by atoms with Gasteiger partial charge in [-0.15, -0.1) is 0 Å². The Kier molecular flexibility index (Phi) is 11.4. The molecular weight excluding hydrogens is 574 g/mol. The number of amides is 4. The van der Waals surface area contributed by atoms with Crippen molar-refractivity contribution in [3.63, 3.8) is 0 Å². The molecule has 45 heavy (non-hydrogen) atoms. The Hall–Kier alpha value is -4.12. The summed E-state index contributed by atoms with van der Waals surface area (Å²) in [6.07, 6.45) is 2.69. The van der Waals surface area contributed by atoms with Crippen LogP contribution in [0.1, 0.15) is 57.6 Å². The van der Waals surface area contributed by atoms with E-state index < -0.39 is 35.7 Å². The van der Waals surface area contributed by atoms with Crippen LogP contribution in [0, 0.1) is 5.92 Å². The average molecular weight is 622 g/mol. The SMILES string of the molecule is COc1ccc(CCNC(=O)[C@@H]2CC[C@@H]3CC[C@H](CN)[C@H](NC(=O)[C@@H](Cc4ccccc4)NC(=O)OC(C)(C)C)C(=O)N32)cc1. The highest BCUT2D eigenvalue weighted by molar-refractivity contribution is 5.95. The van der Waals surface area contributed by atoms with E-state index in [2.05, 4.69) is 16.0 Å². The van der Waals surface area contributed by atoms with Crippen LogP contribution >= 0.6 is 0 Å². The van der Waals surface area contributed by atoms with E-state index in [1.165, 1.54) is 0 Å². The fourth-order valence-corrected chi connectivity index (χ4v) is 6.13. The number of benzene rings is 2. The molecule has 4 rings (SSSR count). The van der Waals surface area contributed by atoms with Crippen LogP contribution in [-0.2, 0) is 32.0 Å². The third kappa shape index (κ3) is 9.20. The summed E-state index contributed by atoms with van der Waals surface area (Å²) in [6, 6.07) is 14.3. The van der Waals surface area contributed by atoms with E-state index in [1.807, 2.05) is 54.6 Å². The Bertz CT molecular complexity index is 1310. The molecule has 0 radical (unpaired) electrons. The van der Waals surface area contributed by atoms with Crippen LogP contribution < -0.4 is 26.4 Å². The molecule has 2 aromatic rings. The van der Waals surface area contributed by atoms with Gasteiger partial charge in [-0.2, -0.15) is 0 Å². The molecular formula is C34H47N5O6. The lowest BCUT2D eigenvalue weighted by atomic mass is 9.93. The second kappa shape index (κ2) is 15.2. The molecule has 5 N–H and O–H groups in total. The fraction of sp³-hybridized carbons (Fsp3) is 0.529. The van der Waals surface area contributed by atoms with Gasteiger partial charge in [0.05, 0.1) is 7.11 Å². The van der Waals surface area contributed by atoms with Gasteiger partial charge in [-0.1, -0.05) is 42.5 Å². The molecule has 0 spiro atoms. The van der Waals surface area contributed by atoms with E-state index in [4.69, 9.17) is 15.2 Å². The number of nitrogens with zero attached hydrogens (tertiary/aromatic N) is 1. The van der Waals surface area contributed by atoms with Crippen molar-refractivity contribution in [3.05, 3.63) is 65.7 Å². The molecule has 2 aliphatic heterocycles. The van der Waals surface area contributed by atoms with E-state index >= 15 is 0 Å². The molecule has 2 aromatic carbocycles. The lowest BCUT2D eigenvalue weighted by molar-refractivity contribution is -0.143. The standard InChI is InChI=1S/C34H47N5O6/c1-34(2,3)45-33(43)37-27(20-23-8-6-5-7-9-23)30(40)38-29-24(21-35)12-13-25-14-17-28(39(25)32(29)42)31(41)36-19-18-22-10-15-26(44-4)16-11-22/h5-11,15-16,24-25,27-29H,12-14,17-21,35H2,1-4H3,(H,36,41)(H,37,43)(H,38,40)/t24-,25+,27-,28+,29+/m1/s1. The summed E-state index contributed by atoms with van der Waals surface area (Å²) < 4.78 is 10.6. The Labute approximate surface area is 265 Å². The largest absolute Gasteiger partial charge is 0.497 e. The highest BCUT2D eigenvalue weighted by Crippen LogP contribution is 2.34. The molecule has 0 bridgehead atoms. The number of nitrogens with two attached hydrogens (primary N) is 1. The number of hydrogen-bond donors (Lipinski definition) is 4. The second-order valence-electron chi connectivity index (χ2n) is 12.8. The van der Waals surface area contributed by atoms with Gasteiger partial charge in [-0.25, -0.2) is 4.79 Å². The Morgan fingerprint density at radius 3 is 2.31 bits per heavy atom. The van der Waals surface area contributed by atoms with Gasteiger partial charge in [0.15, 0.2) is 0 Å². The minimum absolute atomic E-state index is 0.106. The second-order valence-corrected chi connectivity index (χ2v) is 12.8. The first kappa shape index (κ1) is 33.8. The molecule has 5 atom stereocenters. The first-order chi connectivity index (χ1) is 21.5. The van der Waals surface area contributed by atoms with Crippen molar-refractivity contribution in [1.82, 2.24) is 20.9 Å². The normalized spacial score (nSPS) is 22.1. The van der Waals surface area contributed by atoms with Gasteiger partial charge in [0.25, 0.3) is 0 Å². The topological polar surface area (TPSA) is 152 Å². The monoisotopic (exact) mass is 621 g/mol. The van der Waals surface area contributed by atoms with Crippen LogP contribution in [-0.4, -0.2) is 78.7 Å². The van der Waals surface area contributed by atoms with E-state index in [0.717, 1.165) is 16.9 Å². The van der Waals surface area contributed by atoms with E-state index in [9.17, 15) is 19.2 Å². The van der Waals surface area contributed by atoms with Gasteiger partial charge < -0.3 is 36.1 Å². The number of rotatable bonds is 11. The highest BCUT2D eigenvalue weighted by Gasteiger charge is 2.47. The van der Waals surface area contributed by atoms with Gasteiger partial charge in [-0.05, 0) is 82.7 Å². The third-order valence-electron chi connectivity index (χ3n) is 8.43. The molecule has 2 fully saturated rings. The number of methoxy groups -OCH3 is 1. The smallest absolute Gasteiger partial charge is 0.408 e. The minimum atomic E-state index is -0.997. The van der Waals surface area contributed by atoms with Crippen molar-refractivity contribution >= 4 is 23.8 Å². The van der Waals surface area contributed by atoms with Crippen molar-refractivity contribution in [2.24, 2.45) is 11.7 Å². The molecule has 0 aliphatic carbocycles. The molecule has 0 saturated carbocycles. The lowest BCUT2D eigenvalue weighted by Crippen LogP contribution is -2.60. The summed E-state index contributed by atoms with van der Waals surface area (Å²) in [5.74, 6) is -0.581. The molecule has 0 unspecified atom stereocenters. The first-order valence-corrected chi connectivity index (χ1v) is 15.8. The summed E-state index contributed by atoms with van der Waals surface area (Å²) in [6.45, 7) is 5.85. The summed E-state index contributed by atoms with van der Waals surface area (Å²) in [7, 11) is 1.62. The zero-order valence-electron chi connectivity index (χ0n) is 26.7. The van der Waals surface area contributed by atoms with Gasteiger partial charge in [0.1, 0.15) is 29.5 Å². The first-order valence-electron chi connectivity index (χ1n) is 15.8. The third-order valence-corrected chi connectivity index (χ3v) is 8.43. The lowest BCUT2D eigenvalue weighted by Gasteiger charge is -2.32. The number of ether oxygens (including phenoxy) is 2. The molecule has 0 aromatic heterocycles. The number of alkyl carbamates (subject to hydrolysis) is 1. The van der Waals surface area contributed by atoms with E-state index in [-0.39, 0.29) is 36.7 Å². The number of hydrogen-bond acceptors (Lipinski definition) is 7. The molecule has 11 heteroatoms. The maximum Gasteiger partial charge on any atom is 0.408 e. The van der Waals surface area contributed by atoms with Crippen molar-refractivity contribution in [1.29, 1.82) is 0 Å². The Morgan fingerprint density at radius 2 is 1.67 bits per heavy atom. The van der Waals surface area contributed by atoms with Crippen molar-refractivity contribution in [2.45, 2.75) is 89.1 Å². The maximum atomic E-state index is 14.1. The maximum absolute atomic E-state index is 14.1. The summed E-state index contributed by atoms with van der Waals surface area (Å²) >= 11 is 0. The molecule has 2 aliphatic rings. The van der Waals surface area contributed by atoms with Crippen LogP contribution in [0.3, 0.4) is 0 Å². The highest BCUT2D eigenvalue weighted by atomic mass is 16.6. The predicted molar refractivity (Wildman–Crippen MR) is 170 cm³/mol. The zero-order chi connectivity index (χ0) is 32.6. The Balaban J connectivity index is 1.46. The van der Waals surface area contributed by atoms with Crippen molar-refractivity contribution < 1.29 is 28.7 Å². The average Bonchev–Trinajstić information content (AvgIpc) is 3.38. The minimum Gasteiger partial charge on any atom is -0.497 e. The van der Waals surface area contributed by atoms with Crippen LogP contribution in [0.5, 0.6) is 5.75 Å². The van der Waals surface area contributed by atoms with E-state index in [1.54, 1.807) is 32.8 Å². The van der Waals surface area contributed by atoms with Gasteiger partial charge in [0, 0.05) is 24.9 Å². The number of carbonyl (C=O) groups is 4. The van der Waals surface area contributed by atoms with Gasteiger partial charge >= 0.3 is 6.09 Å². The van der Waals surface area contributed by atoms with Crippen molar-refractivity contribution in [2.75, 3.05) is 20.2 Å². The molecule has 2 saturated heterocycles. The van der Waals surface area contributed by atoms with E-state index in [0.29, 0.717) is 38.6 Å². The summed E-state index contributed by atoms with van der Waals surface area (Å²) in [5, 5.41) is 8.62. The Morgan fingerprint density at radius 1 is 0.978 bits per heavy atom. The molecule has 2 heterocycles. The van der Waals surface area contributed by atoms with Gasteiger partial charge in [0.2, 0.25) is 17.7 Å². The fourth-order valence-electron chi connectivity index (χ4n) is 6.13. The zero-order valence-corrected chi connectivity index (χ0v) is 26.7. The van der Waals surface area contributed by atoms with Crippen molar-refractivity contribution in [3.8, 4) is 5.75 Å². The summed E-state index contributed by atoms with van der Waals surface area (Å²) in [4.78, 5) is 55.7. The van der Waals surface area contributed by atoms with Crippen LogP contribution in [0.15, 0.2) is 54.6 Å². The summed E-state index contributed by atoms with van der Waals surface area (Å²) in [5.41, 5.74) is 7.28. The predicted octanol–water partition coefficient (Wildman–Crippen LogP) is 2.70. The number of carbonyl (C=O) groups excluding carboxylic acids is 4. The quantitative estimate of drug-likeness (QED) is 0.301. The van der Waals surface area contributed by atoms with Gasteiger partial charge in [-0.3, -0.25) is 14.4 Å². The van der Waals surface area contributed by atoms with Crippen LogP contribution in [0.4, 0.5) is 4.79 Å². The van der Waals surface area contributed by atoms with Crippen LogP contribution in [0.25, 0.3) is 0 Å². The molecule has 11 nitrogen and oxygen atoms in total. The van der Waals surface area contributed by atoms with Crippen LogP contribution in [0.2, 0.25) is 0 Å². The number of fused-ring (bicyclic) bond motifs is 1. The molecule has 4 amide bonds. The number of nitrogens with one attached hydrogen (secondary N) is 3.